The Hall–Kier alpha value is -0.210. The Bertz CT molecular complexity index is 430. The van der Waals surface area contributed by atoms with Crippen molar-refractivity contribution in [3.8, 4) is 0 Å². The third-order valence-corrected chi connectivity index (χ3v) is 6.78. The molecular formula is C14H30N4O2S. The first kappa shape index (κ1) is 17.1. The largest absolute Gasteiger partial charge is 0.330 e. The fourth-order valence-electron chi connectivity index (χ4n) is 3.13. The van der Waals surface area contributed by atoms with Crippen LogP contribution in [0, 0.1) is 5.92 Å². The molecule has 0 aliphatic carbocycles. The number of nitrogens with zero attached hydrogens (tertiary/aromatic N) is 3. The SMILES string of the molecule is CC(C)(C)N1CCN(S(=O)(=O)N2CCC(CN)CC2)CC1. The molecule has 2 saturated heterocycles. The molecule has 0 saturated carbocycles. The van der Waals surface area contributed by atoms with Gasteiger partial charge in [-0.15, -0.1) is 0 Å². The number of hydrogen-bond acceptors (Lipinski definition) is 4. The summed E-state index contributed by atoms with van der Waals surface area (Å²) >= 11 is 0. The van der Waals surface area contributed by atoms with Crippen LogP contribution in [0.1, 0.15) is 33.6 Å². The Balaban J connectivity index is 1.93. The molecule has 0 aromatic rings. The van der Waals surface area contributed by atoms with Crippen molar-refractivity contribution in [1.29, 1.82) is 0 Å². The van der Waals surface area contributed by atoms with Gasteiger partial charge in [-0.05, 0) is 46.1 Å². The van der Waals surface area contributed by atoms with Gasteiger partial charge < -0.3 is 5.73 Å². The maximum atomic E-state index is 12.7. The molecule has 2 fully saturated rings. The average Bonchev–Trinajstić information content (AvgIpc) is 2.46. The van der Waals surface area contributed by atoms with Gasteiger partial charge in [0.05, 0.1) is 0 Å². The van der Waals surface area contributed by atoms with Crippen molar-refractivity contribution in [2.75, 3.05) is 45.8 Å². The van der Waals surface area contributed by atoms with E-state index in [1.807, 2.05) is 0 Å². The fourth-order valence-corrected chi connectivity index (χ4v) is 4.75. The topological polar surface area (TPSA) is 69.9 Å². The first-order valence-electron chi connectivity index (χ1n) is 7.95. The van der Waals surface area contributed by atoms with Crippen molar-refractivity contribution < 1.29 is 8.42 Å². The van der Waals surface area contributed by atoms with Crippen molar-refractivity contribution in [3.05, 3.63) is 0 Å². The second-order valence-electron chi connectivity index (χ2n) is 7.14. The van der Waals surface area contributed by atoms with E-state index >= 15 is 0 Å². The lowest BCUT2D eigenvalue weighted by Crippen LogP contribution is -2.57. The van der Waals surface area contributed by atoms with E-state index in [1.165, 1.54) is 0 Å². The van der Waals surface area contributed by atoms with Crippen LogP contribution in [-0.4, -0.2) is 73.3 Å². The number of rotatable bonds is 3. The van der Waals surface area contributed by atoms with Crippen LogP contribution in [0.15, 0.2) is 0 Å². The minimum absolute atomic E-state index is 0.106. The summed E-state index contributed by atoms with van der Waals surface area (Å²) in [5, 5.41) is 0. The Labute approximate surface area is 129 Å². The maximum absolute atomic E-state index is 12.7. The molecule has 2 aliphatic heterocycles. The van der Waals surface area contributed by atoms with Crippen LogP contribution in [-0.2, 0) is 10.2 Å². The van der Waals surface area contributed by atoms with E-state index in [0.29, 0.717) is 38.6 Å². The maximum Gasteiger partial charge on any atom is 0.282 e. The van der Waals surface area contributed by atoms with E-state index < -0.39 is 10.2 Å². The van der Waals surface area contributed by atoms with Gasteiger partial charge in [0.15, 0.2) is 0 Å². The van der Waals surface area contributed by atoms with Crippen molar-refractivity contribution in [2.24, 2.45) is 11.7 Å². The lowest BCUT2D eigenvalue weighted by atomic mass is 9.99. The van der Waals surface area contributed by atoms with Crippen LogP contribution in [0.25, 0.3) is 0 Å². The highest BCUT2D eigenvalue weighted by molar-refractivity contribution is 7.86. The molecule has 0 amide bonds. The standard InChI is InChI=1S/C14H30N4O2S/c1-14(2,3)16-8-10-18(11-9-16)21(19,20)17-6-4-13(12-15)5-7-17/h13H,4-12,15H2,1-3H3. The molecule has 0 radical (unpaired) electrons. The molecule has 21 heavy (non-hydrogen) atoms. The van der Waals surface area contributed by atoms with E-state index in [2.05, 4.69) is 25.7 Å². The highest BCUT2D eigenvalue weighted by Crippen LogP contribution is 2.23. The molecule has 0 bridgehead atoms. The fraction of sp³-hybridized carbons (Fsp3) is 1.00. The average molecular weight is 318 g/mol. The highest BCUT2D eigenvalue weighted by Gasteiger charge is 2.36. The molecule has 0 spiro atoms. The molecule has 2 rings (SSSR count). The van der Waals surface area contributed by atoms with Crippen LogP contribution < -0.4 is 5.73 Å². The van der Waals surface area contributed by atoms with E-state index in [9.17, 15) is 8.42 Å². The van der Waals surface area contributed by atoms with Gasteiger partial charge in [-0.3, -0.25) is 4.90 Å². The van der Waals surface area contributed by atoms with Gasteiger partial charge in [0, 0.05) is 44.8 Å². The summed E-state index contributed by atoms with van der Waals surface area (Å²) in [7, 11) is -3.29. The predicted octanol–water partition coefficient (Wildman–Crippen LogP) is 0.318. The van der Waals surface area contributed by atoms with Crippen LogP contribution in [0.4, 0.5) is 0 Å². The van der Waals surface area contributed by atoms with Gasteiger partial charge in [-0.2, -0.15) is 17.0 Å². The normalized spacial score (nSPS) is 25.3. The van der Waals surface area contributed by atoms with Gasteiger partial charge in [-0.25, -0.2) is 0 Å². The second-order valence-corrected chi connectivity index (χ2v) is 9.07. The predicted molar refractivity (Wildman–Crippen MR) is 85.2 cm³/mol. The molecule has 2 aliphatic rings. The molecule has 0 aromatic heterocycles. The van der Waals surface area contributed by atoms with Crippen LogP contribution in [0.5, 0.6) is 0 Å². The lowest BCUT2D eigenvalue weighted by molar-refractivity contribution is 0.0889. The Morgan fingerprint density at radius 2 is 1.43 bits per heavy atom. The zero-order chi connectivity index (χ0) is 15.7. The summed E-state index contributed by atoms with van der Waals surface area (Å²) in [6, 6.07) is 0. The summed E-state index contributed by atoms with van der Waals surface area (Å²) in [6.45, 7) is 11.2. The van der Waals surface area contributed by atoms with Crippen molar-refractivity contribution in [3.63, 3.8) is 0 Å². The quantitative estimate of drug-likeness (QED) is 0.813. The zero-order valence-electron chi connectivity index (χ0n) is 13.6. The molecule has 2 N–H and O–H groups in total. The van der Waals surface area contributed by atoms with Gasteiger partial charge in [0.25, 0.3) is 10.2 Å². The molecule has 6 nitrogen and oxygen atoms in total. The molecule has 124 valence electrons. The summed E-state index contributed by atoms with van der Waals surface area (Å²) in [5.74, 6) is 0.481. The third kappa shape index (κ3) is 3.96. The van der Waals surface area contributed by atoms with E-state index in [1.54, 1.807) is 8.61 Å². The first-order valence-corrected chi connectivity index (χ1v) is 9.35. The first-order chi connectivity index (χ1) is 9.75. The van der Waals surface area contributed by atoms with Crippen LogP contribution in [0.2, 0.25) is 0 Å². The van der Waals surface area contributed by atoms with Crippen molar-refractivity contribution >= 4 is 10.2 Å². The van der Waals surface area contributed by atoms with Crippen LogP contribution >= 0.6 is 0 Å². The van der Waals surface area contributed by atoms with Gasteiger partial charge >= 0.3 is 0 Å². The monoisotopic (exact) mass is 318 g/mol. The van der Waals surface area contributed by atoms with Gasteiger partial charge in [0.1, 0.15) is 0 Å². The molecule has 0 unspecified atom stereocenters. The number of nitrogens with two attached hydrogens (primary N) is 1. The van der Waals surface area contributed by atoms with E-state index in [-0.39, 0.29) is 5.54 Å². The minimum atomic E-state index is -3.29. The summed E-state index contributed by atoms with van der Waals surface area (Å²) in [6.07, 6.45) is 1.77. The number of piperidine rings is 1. The molecule has 7 heteroatoms. The smallest absolute Gasteiger partial charge is 0.282 e. The number of piperazine rings is 1. The van der Waals surface area contributed by atoms with Crippen molar-refractivity contribution in [2.45, 2.75) is 39.2 Å². The van der Waals surface area contributed by atoms with Gasteiger partial charge in [0.2, 0.25) is 0 Å². The Morgan fingerprint density at radius 1 is 0.952 bits per heavy atom. The lowest BCUT2D eigenvalue weighted by Gasteiger charge is -2.43. The zero-order valence-corrected chi connectivity index (χ0v) is 14.4. The van der Waals surface area contributed by atoms with E-state index in [0.717, 1.165) is 25.9 Å². The number of hydrogen-bond donors (Lipinski definition) is 1. The Kier molecular flexibility index (Phi) is 5.31. The molecular weight excluding hydrogens is 288 g/mol. The van der Waals surface area contributed by atoms with Crippen molar-refractivity contribution in [1.82, 2.24) is 13.5 Å². The molecule has 2 heterocycles. The Morgan fingerprint density at radius 3 is 1.86 bits per heavy atom. The van der Waals surface area contributed by atoms with E-state index in [4.69, 9.17) is 5.73 Å². The summed E-state index contributed by atoms with van der Waals surface area (Å²) in [5.41, 5.74) is 5.78. The van der Waals surface area contributed by atoms with Crippen LogP contribution in [0.3, 0.4) is 0 Å². The van der Waals surface area contributed by atoms with Gasteiger partial charge in [-0.1, -0.05) is 0 Å². The highest BCUT2D eigenvalue weighted by atomic mass is 32.2. The summed E-state index contributed by atoms with van der Waals surface area (Å²) in [4.78, 5) is 2.35. The molecule has 0 atom stereocenters. The molecule has 0 aromatic carbocycles. The second kappa shape index (κ2) is 6.50. The third-order valence-electron chi connectivity index (χ3n) is 4.75. The minimum Gasteiger partial charge on any atom is -0.330 e. The summed E-state index contributed by atoms with van der Waals surface area (Å²) < 4.78 is 28.7.